The quantitative estimate of drug-likeness (QED) is 0.290. The summed E-state index contributed by atoms with van der Waals surface area (Å²) >= 11 is 2.07. The average molecular weight is 450 g/mol. The second-order valence-corrected chi connectivity index (χ2v) is 6.85. The maximum Gasteiger partial charge on any atom is 0.191 e. The van der Waals surface area contributed by atoms with Crippen molar-refractivity contribution in [1.29, 1.82) is 0 Å². The van der Waals surface area contributed by atoms with Gasteiger partial charge < -0.3 is 15.4 Å². The van der Waals surface area contributed by atoms with Crippen molar-refractivity contribution >= 4 is 41.7 Å². The van der Waals surface area contributed by atoms with Crippen LogP contribution in [-0.2, 0) is 0 Å². The Bertz CT molecular complexity index is 461. The third kappa shape index (κ3) is 7.60. The van der Waals surface area contributed by atoms with Crippen LogP contribution in [0.2, 0.25) is 0 Å². The molecule has 0 aromatic carbocycles. The molecule has 2 N–H and O–H groups in total. The summed E-state index contributed by atoms with van der Waals surface area (Å²) < 4.78 is 5.61. The molecule has 1 aromatic heterocycles. The predicted molar refractivity (Wildman–Crippen MR) is 109 cm³/mol. The minimum Gasteiger partial charge on any atom is -0.490 e. The van der Waals surface area contributed by atoms with Gasteiger partial charge in [-0.1, -0.05) is 6.92 Å². The zero-order valence-corrected chi connectivity index (χ0v) is 17.0. The first-order valence-corrected chi connectivity index (χ1v) is 8.98. The van der Waals surface area contributed by atoms with Crippen LogP contribution in [0.1, 0.15) is 26.2 Å². The number of halogens is 1. The lowest BCUT2D eigenvalue weighted by Crippen LogP contribution is -2.43. The van der Waals surface area contributed by atoms with Crippen molar-refractivity contribution in [2.45, 2.75) is 37.5 Å². The number of hydrogen-bond donors (Lipinski definition) is 2. The summed E-state index contributed by atoms with van der Waals surface area (Å²) in [5.74, 6) is 2.86. The molecule has 2 atom stereocenters. The zero-order valence-electron chi connectivity index (χ0n) is 13.8. The maximum absolute atomic E-state index is 5.61. The second-order valence-electron chi connectivity index (χ2n) is 5.27. The van der Waals surface area contributed by atoms with E-state index in [9.17, 15) is 0 Å². The molecule has 1 aromatic rings. The van der Waals surface area contributed by atoms with Gasteiger partial charge >= 0.3 is 0 Å². The molecule has 0 spiro atoms. The number of aromatic nitrogens is 1. The normalized spacial score (nSPS) is 20.7. The van der Waals surface area contributed by atoms with E-state index in [0.29, 0.717) is 19.2 Å². The van der Waals surface area contributed by atoms with Gasteiger partial charge in [-0.05, 0) is 37.1 Å². The van der Waals surface area contributed by atoms with E-state index in [4.69, 9.17) is 4.74 Å². The molecule has 0 radical (unpaired) electrons. The number of rotatable bonds is 7. The number of guanidine groups is 1. The van der Waals surface area contributed by atoms with Crippen LogP contribution in [-0.4, -0.2) is 48.2 Å². The standard InChI is InChI=1S/C16H26N4OS.HI/c1-3-22-15-7-6-13(11-15)20-16(17-2)19-9-10-21-14-5-4-8-18-12-14;/h4-5,8,12-13,15H,3,6-7,9-11H2,1-2H3,(H2,17,19,20);1H. The lowest BCUT2D eigenvalue weighted by molar-refractivity contribution is 0.320. The highest BCUT2D eigenvalue weighted by Gasteiger charge is 2.24. The van der Waals surface area contributed by atoms with Crippen molar-refractivity contribution < 1.29 is 4.74 Å². The molecule has 1 heterocycles. The molecular weight excluding hydrogens is 423 g/mol. The Morgan fingerprint density at radius 3 is 3.04 bits per heavy atom. The summed E-state index contributed by atoms with van der Waals surface area (Å²) in [5, 5.41) is 7.61. The summed E-state index contributed by atoms with van der Waals surface area (Å²) in [6.07, 6.45) is 7.22. The summed E-state index contributed by atoms with van der Waals surface area (Å²) in [6.45, 7) is 3.54. The topological polar surface area (TPSA) is 58.5 Å². The number of pyridine rings is 1. The largest absolute Gasteiger partial charge is 0.490 e. The highest BCUT2D eigenvalue weighted by molar-refractivity contribution is 14.0. The summed E-state index contributed by atoms with van der Waals surface area (Å²) in [7, 11) is 1.81. The number of ether oxygens (including phenoxy) is 1. The fourth-order valence-electron chi connectivity index (χ4n) is 2.62. The Balaban J connectivity index is 0.00000264. The Labute approximate surface area is 160 Å². The van der Waals surface area contributed by atoms with Gasteiger partial charge in [-0.3, -0.25) is 9.98 Å². The zero-order chi connectivity index (χ0) is 15.6. The Hall–Kier alpha value is -0.700. The van der Waals surface area contributed by atoms with Gasteiger partial charge in [0.2, 0.25) is 0 Å². The third-order valence-electron chi connectivity index (χ3n) is 3.65. The van der Waals surface area contributed by atoms with E-state index in [1.165, 1.54) is 25.0 Å². The van der Waals surface area contributed by atoms with Gasteiger partial charge in [-0.25, -0.2) is 0 Å². The van der Waals surface area contributed by atoms with Gasteiger partial charge in [0.05, 0.1) is 12.7 Å². The summed E-state index contributed by atoms with van der Waals surface area (Å²) in [4.78, 5) is 8.31. The van der Waals surface area contributed by atoms with Crippen molar-refractivity contribution in [3.05, 3.63) is 24.5 Å². The van der Waals surface area contributed by atoms with E-state index >= 15 is 0 Å². The molecule has 2 unspecified atom stereocenters. The van der Waals surface area contributed by atoms with E-state index in [-0.39, 0.29) is 24.0 Å². The maximum atomic E-state index is 5.61. The minimum absolute atomic E-state index is 0. The fraction of sp³-hybridized carbons (Fsp3) is 0.625. The molecule has 5 nitrogen and oxygen atoms in total. The number of hydrogen-bond acceptors (Lipinski definition) is 4. The summed E-state index contributed by atoms with van der Waals surface area (Å²) in [5.41, 5.74) is 0. The smallest absolute Gasteiger partial charge is 0.191 e. The van der Waals surface area contributed by atoms with Crippen molar-refractivity contribution in [3.63, 3.8) is 0 Å². The first kappa shape index (κ1) is 20.3. The molecule has 0 amide bonds. The number of thioether (sulfide) groups is 1. The number of nitrogens with zero attached hydrogens (tertiary/aromatic N) is 2. The Morgan fingerprint density at radius 1 is 1.48 bits per heavy atom. The van der Waals surface area contributed by atoms with Crippen LogP contribution < -0.4 is 15.4 Å². The van der Waals surface area contributed by atoms with Gasteiger partial charge in [0.1, 0.15) is 12.4 Å². The van der Waals surface area contributed by atoms with Gasteiger partial charge in [0.15, 0.2) is 5.96 Å². The van der Waals surface area contributed by atoms with E-state index < -0.39 is 0 Å². The SMILES string of the molecule is CCSC1CCC(NC(=NC)NCCOc2cccnc2)C1.I. The molecule has 7 heteroatoms. The highest BCUT2D eigenvalue weighted by atomic mass is 127. The molecule has 23 heavy (non-hydrogen) atoms. The van der Waals surface area contributed by atoms with Crippen molar-refractivity contribution in [2.24, 2.45) is 4.99 Å². The molecule has 2 rings (SSSR count). The average Bonchev–Trinajstić information content (AvgIpc) is 2.99. The minimum atomic E-state index is 0. The van der Waals surface area contributed by atoms with Crippen LogP contribution in [0.25, 0.3) is 0 Å². The molecule has 1 saturated carbocycles. The Kier molecular flexibility index (Phi) is 10.4. The molecule has 1 fully saturated rings. The second kappa shape index (κ2) is 11.8. The van der Waals surface area contributed by atoms with Crippen LogP contribution >= 0.6 is 35.7 Å². The lowest BCUT2D eigenvalue weighted by Gasteiger charge is -2.17. The van der Waals surface area contributed by atoms with Crippen LogP contribution in [0.4, 0.5) is 0 Å². The fourth-order valence-corrected chi connectivity index (χ4v) is 3.76. The van der Waals surface area contributed by atoms with Crippen LogP contribution in [0.3, 0.4) is 0 Å². The molecular formula is C16H27IN4OS. The molecule has 0 saturated heterocycles. The molecule has 130 valence electrons. The van der Waals surface area contributed by atoms with Gasteiger partial charge in [0, 0.05) is 24.5 Å². The monoisotopic (exact) mass is 450 g/mol. The molecule has 0 bridgehead atoms. The highest BCUT2D eigenvalue weighted by Crippen LogP contribution is 2.29. The van der Waals surface area contributed by atoms with Crippen molar-refractivity contribution in [1.82, 2.24) is 15.6 Å². The van der Waals surface area contributed by atoms with Gasteiger partial charge in [-0.2, -0.15) is 11.8 Å². The summed E-state index contributed by atoms with van der Waals surface area (Å²) in [6, 6.07) is 4.31. The van der Waals surface area contributed by atoms with Gasteiger partial charge in [-0.15, -0.1) is 24.0 Å². The molecule has 0 aliphatic heterocycles. The van der Waals surface area contributed by atoms with Crippen LogP contribution in [0.15, 0.2) is 29.5 Å². The van der Waals surface area contributed by atoms with E-state index in [0.717, 1.165) is 17.0 Å². The van der Waals surface area contributed by atoms with Crippen molar-refractivity contribution in [2.75, 3.05) is 26.0 Å². The number of aliphatic imine (C=N–C) groups is 1. The lowest BCUT2D eigenvalue weighted by atomic mass is 10.2. The van der Waals surface area contributed by atoms with Crippen molar-refractivity contribution in [3.8, 4) is 5.75 Å². The van der Waals surface area contributed by atoms with Crippen LogP contribution in [0.5, 0.6) is 5.75 Å². The van der Waals surface area contributed by atoms with Crippen LogP contribution in [0, 0.1) is 0 Å². The van der Waals surface area contributed by atoms with E-state index in [1.54, 1.807) is 12.4 Å². The van der Waals surface area contributed by atoms with E-state index in [1.807, 2.05) is 19.2 Å². The van der Waals surface area contributed by atoms with Gasteiger partial charge in [0.25, 0.3) is 0 Å². The van der Waals surface area contributed by atoms with E-state index in [2.05, 4.69) is 39.3 Å². The first-order chi connectivity index (χ1) is 10.8. The molecule has 1 aliphatic carbocycles. The molecule has 1 aliphatic rings. The predicted octanol–water partition coefficient (Wildman–Crippen LogP) is 2.92. The first-order valence-electron chi connectivity index (χ1n) is 7.93. The Morgan fingerprint density at radius 2 is 2.35 bits per heavy atom. The third-order valence-corrected chi connectivity index (χ3v) is 4.88. The number of nitrogens with one attached hydrogen (secondary N) is 2.